The summed E-state index contributed by atoms with van der Waals surface area (Å²) in [6.07, 6.45) is 22.3. The van der Waals surface area contributed by atoms with Gasteiger partial charge >= 0.3 is 0 Å². The van der Waals surface area contributed by atoms with Crippen LogP contribution >= 0.6 is 0 Å². The lowest BCUT2D eigenvalue weighted by Gasteiger charge is -2.46. The zero-order valence-corrected chi connectivity index (χ0v) is 16.5. The van der Waals surface area contributed by atoms with Crippen molar-refractivity contribution < 1.29 is 4.74 Å². The summed E-state index contributed by atoms with van der Waals surface area (Å²) in [6.45, 7) is 2.41. The molecule has 0 bridgehead atoms. The van der Waals surface area contributed by atoms with Gasteiger partial charge in [-0.2, -0.15) is 0 Å². The summed E-state index contributed by atoms with van der Waals surface area (Å²) < 4.78 is 6.51. The van der Waals surface area contributed by atoms with Gasteiger partial charge in [0, 0.05) is 0 Å². The van der Waals surface area contributed by atoms with E-state index in [1.165, 1.54) is 57.8 Å². The van der Waals surface area contributed by atoms with Crippen LogP contribution in [-0.2, 0) is 4.74 Å². The van der Waals surface area contributed by atoms with E-state index in [0.717, 1.165) is 41.4 Å². The lowest BCUT2D eigenvalue weighted by atomic mass is 9.59. The summed E-state index contributed by atoms with van der Waals surface area (Å²) in [4.78, 5) is 0. The van der Waals surface area contributed by atoms with Crippen LogP contribution in [0, 0.1) is 41.4 Å². The molecule has 5 aliphatic rings. The van der Waals surface area contributed by atoms with E-state index >= 15 is 0 Å². The van der Waals surface area contributed by atoms with Crippen LogP contribution in [0.4, 0.5) is 0 Å². The van der Waals surface area contributed by atoms with Gasteiger partial charge in [-0.25, -0.2) is 0 Å². The van der Waals surface area contributed by atoms with Gasteiger partial charge in [-0.1, -0.05) is 32.6 Å². The van der Waals surface area contributed by atoms with Crippen LogP contribution in [0.15, 0.2) is 0 Å². The molecular weight excluding hydrogens is 304 g/mol. The van der Waals surface area contributed by atoms with Crippen molar-refractivity contribution in [2.75, 3.05) is 0 Å². The maximum absolute atomic E-state index is 6.51. The maximum atomic E-state index is 6.51. The van der Waals surface area contributed by atoms with Crippen LogP contribution in [-0.4, -0.2) is 12.2 Å². The first-order chi connectivity index (χ1) is 12.3. The first-order valence-electron chi connectivity index (χ1n) is 12.0. The molecule has 9 atom stereocenters. The molecule has 8 unspecified atom stereocenters. The molecule has 0 aromatic heterocycles. The molecule has 1 saturated heterocycles. The van der Waals surface area contributed by atoms with Gasteiger partial charge in [0.05, 0.1) is 12.2 Å². The predicted octanol–water partition coefficient (Wildman–Crippen LogP) is 6.60. The van der Waals surface area contributed by atoms with E-state index in [0.29, 0.717) is 12.2 Å². The Morgan fingerprint density at radius 3 is 2.08 bits per heavy atom. The molecule has 1 heteroatoms. The van der Waals surface area contributed by atoms with Gasteiger partial charge in [0.2, 0.25) is 0 Å². The average Bonchev–Trinajstić information content (AvgIpc) is 3.05. The summed E-state index contributed by atoms with van der Waals surface area (Å²) in [5.74, 6) is 7.27. The van der Waals surface area contributed by atoms with Gasteiger partial charge in [-0.15, -0.1) is 0 Å². The van der Waals surface area contributed by atoms with Gasteiger partial charge < -0.3 is 4.74 Å². The highest BCUT2D eigenvalue weighted by molar-refractivity contribution is 4.98. The van der Waals surface area contributed by atoms with Crippen LogP contribution in [0.3, 0.4) is 0 Å². The third kappa shape index (κ3) is 3.21. The van der Waals surface area contributed by atoms with Crippen molar-refractivity contribution in [1.29, 1.82) is 0 Å². The predicted molar refractivity (Wildman–Crippen MR) is 103 cm³/mol. The second kappa shape index (κ2) is 7.17. The Morgan fingerprint density at radius 1 is 0.600 bits per heavy atom. The molecule has 5 fully saturated rings. The third-order valence-electron chi connectivity index (χ3n) is 9.53. The third-order valence-corrected chi connectivity index (χ3v) is 9.53. The summed E-state index contributed by atoms with van der Waals surface area (Å²) in [5.41, 5.74) is 0. The highest BCUT2D eigenvalue weighted by Crippen LogP contribution is 2.53. The molecular formula is C24H40O. The Balaban J connectivity index is 1.21. The summed E-state index contributed by atoms with van der Waals surface area (Å²) in [7, 11) is 0. The molecule has 0 aromatic rings. The Kier molecular flexibility index (Phi) is 4.90. The van der Waals surface area contributed by atoms with Crippen molar-refractivity contribution in [3.05, 3.63) is 0 Å². The van der Waals surface area contributed by atoms with Crippen LogP contribution < -0.4 is 0 Å². The first-order valence-corrected chi connectivity index (χ1v) is 12.0. The molecule has 1 aliphatic heterocycles. The normalized spacial score (nSPS) is 52.9. The molecule has 0 amide bonds. The Morgan fingerprint density at radius 2 is 1.24 bits per heavy atom. The molecule has 0 aromatic carbocycles. The average molecular weight is 345 g/mol. The fraction of sp³-hybridized carbons (Fsp3) is 1.00. The summed E-state index contributed by atoms with van der Waals surface area (Å²) >= 11 is 0. The molecule has 25 heavy (non-hydrogen) atoms. The highest BCUT2D eigenvalue weighted by atomic mass is 16.5. The zero-order chi connectivity index (χ0) is 16.8. The second-order valence-electron chi connectivity index (χ2n) is 10.6. The number of hydrogen-bond donors (Lipinski definition) is 0. The van der Waals surface area contributed by atoms with Gasteiger partial charge in [-0.3, -0.25) is 0 Å². The summed E-state index contributed by atoms with van der Waals surface area (Å²) in [6, 6.07) is 0. The van der Waals surface area contributed by atoms with Crippen LogP contribution in [0.1, 0.15) is 96.8 Å². The number of hydrogen-bond acceptors (Lipinski definition) is 1. The number of rotatable bonds is 2. The van der Waals surface area contributed by atoms with Crippen LogP contribution in [0.5, 0.6) is 0 Å². The highest BCUT2D eigenvalue weighted by Gasteiger charge is 2.49. The first kappa shape index (κ1) is 17.1. The molecule has 5 rings (SSSR count). The number of ether oxygens (including phenoxy) is 1. The quantitative estimate of drug-likeness (QED) is 0.548. The second-order valence-corrected chi connectivity index (χ2v) is 10.6. The molecule has 1 heterocycles. The Bertz CT molecular complexity index is 459. The van der Waals surface area contributed by atoms with E-state index in [2.05, 4.69) is 6.92 Å². The molecule has 142 valence electrons. The molecule has 0 spiro atoms. The van der Waals surface area contributed by atoms with Crippen molar-refractivity contribution in [1.82, 2.24) is 0 Å². The van der Waals surface area contributed by atoms with Crippen molar-refractivity contribution in [3.8, 4) is 0 Å². The number of fused-ring (bicyclic) bond motifs is 4. The largest absolute Gasteiger partial charge is 0.374 e. The van der Waals surface area contributed by atoms with E-state index in [4.69, 9.17) is 4.74 Å². The molecule has 4 aliphatic carbocycles. The minimum Gasteiger partial charge on any atom is -0.374 e. The fourth-order valence-corrected chi connectivity index (χ4v) is 8.09. The molecule has 0 N–H and O–H groups in total. The summed E-state index contributed by atoms with van der Waals surface area (Å²) in [5, 5.41) is 0. The zero-order valence-electron chi connectivity index (χ0n) is 16.5. The fourth-order valence-electron chi connectivity index (χ4n) is 8.09. The van der Waals surface area contributed by atoms with Crippen LogP contribution in [0.25, 0.3) is 0 Å². The lowest BCUT2D eigenvalue weighted by molar-refractivity contribution is -0.0107. The van der Waals surface area contributed by atoms with E-state index in [-0.39, 0.29) is 0 Å². The smallest absolute Gasteiger partial charge is 0.0611 e. The topological polar surface area (TPSA) is 9.23 Å². The SMILES string of the molecule is CCC1CCC2CC(C3CCC4O[C@@H]5CCCCC5C4C3)CCC2C1. The minimum absolute atomic E-state index is 0.653. The van der Waals surface area contributed by atoms with Crippen molar-refractivity contribution >= 4 is 0 Å². The maximum Gasteiger partial charge on any atom is 0.0611 e. The van der Waals surface area contributed by atoms with Gasteiger partial charge in [0.15, 0.2) is 0 Å². The Labute approximate surface area is 155 Å². The van der Waals surface area contributed by atoms with Gasteiger partial charge in [0.25, 0.3) is 0 Å². The van der Waals surface area contributed by atoms with Crippen molar-refractivity contribution in [3.63, 3.8) is 0 Å². The van der Waals surface area contributed by atoms with Gasteiger partial charge in [-0.05, 0) is 106 Å². The molecule has 0 radical (unpaired) electrons. The van der Waals surface area contributed by atoms with E-state index in [1.54, 1.807) is 32.1 Å². The van der Waals surface area contributed by atoms with Crippen LogP contribution in [0.2, 0.25) is 0 Å². The standard InChI is InChI=1S/C24H40O/c1-2-16-7-8-18-14-19(10-9-17(18)13-16)20-11-12-24-22(15-20)21-5-3-4-6-23(21)25-24/h16-24H,2-15H2,1H3/t16?,17?,18?,19?,20?,21?,22?,23-,24?/m1/s1. The minimum atomic E-state index is 0.653. The lowest BCUT2D eigenvalue weighted by Crippen LogP contribution is -2.37. The van der Waals surface area contributed by atoms with Gasteiger partial charge in [0.1, 0.15) is 0 Å². The van der Waals surface area contributed by atoms with Crippen molar-refractivity contribution in [2.24, 2.45) is 41.4 Å². The van der Waals surface area contributed by atoms with E-state index in [1.807, 2.05) is 0 Å². The van der Waals surface area contributed by atoms with E-state index < -0.39 is 0 Å². The van der Waals surface area contributed by atoms with E-state index in [9.17, 15) is 0 Å². The molecule has 4 saturated carbocycles. The van der Waals surface area contributed by atoms with Crippen molar-refractivity contribution in [2.45, 2.75) is 109 Å². The monoisotopic (exact) mass is 344 g/mol. The molecule has 1 nitrogen and oxygen atoms in total. The Hall–Kier alpha value is -0.0400.